The van der Waals surface area contributed by atoms with Gasteiger partial charge in [-0.25, -0.2) is 4.79 Å². The average Bonchev–Trinajstić information content (AvgIpc) is 0.818. The lowest BCUT2D eigenvalue weighted by Crippen LogP contribution is -2.07. The van der Waals surface area contributed by atoms with E-state index in [0.29, 0.717) is 68.2 Å². The largest absolute Gasteiger partial charge is 0.494 e. The molecule has 0 aliphatic rings. The van der Waals surface area contributed by atoms with Gasteiger partial charge in [-0.05, 0) is 371 Å². The van der Waals surface area contributed by atoms with Gasteiger partial charge in [0, 0.05) is 96.8 Å². The summed E-state index contributed by atoms with van der Waals surface area (Å²) in [4.78, 5) is 23.2. The molecule has 0 heterocycles. The second-order valence-corrected chi connectivity index (χ2v) is 32.8. The van der Waals surface area contributed by atoms with Gasteiger partial charge in [0.15, 0.2) is 5.78 Å². The van der Waals surface area contributed by atoms with Gasteiger partial charge >= 0.3 is 12.1 Å². The number of nitrogens with zero attached hydrogens (tertiary/aromatic N) is 14. The molecule has 0 spiro atoms. The summed E-state index contributed by atoms with van der Waals surface area (Å²) in [7, 11) is 2.79. The summed E-state index contributed by atoms with van der Waals surface area (Å²) < 4.78 is 48.6. The van der Waals surface area contributed by atoms with E-state index in [2.05, 4.69) is 125 Å². The Bertz CT molecular complexity index is 7030. The number of hydrogen-bond donors (Lipinski definition) is 16. The molecule has 30 N–H and O–H groups in total. The Balaban J connectivity index is 0.000000177. The predicted molar refractivity (Wildman–Crippen MR) is 584 cm³/mol. The van der Waals surface area contributed by atoms with Gasteiger partial charge in [0.25, 0.3) is 0 Å². The number of carbonyl (C=O) groups excluding carboxylic acids is 2. The number of aliphatic hydroxyl groups is 2. The van der Waals surface area contributed by atoms with Crippen molar-refractivity contribution in [1.82, 2.24) is 0 Å². The van der Waals surface area contributed by atoms with Gasteiger partial charge in [0.05, 0.1) is 106 Å². The summed E-state index contributed by atoms with van der Waals surface area (Å²) in [5.74, 6) is -0.549. The van der Waals surface area contributed by atoms with Crippen molar-refractivity contribution in [1.29, 1.82) is 0 Å². The first-order valence-electron chi connectivity index (χ1n) is 45.1. The highest BCUT2D eigenvalue weighted by Crippen LogP contribution is 2.40. The van der Waals surface area contributed by atoms with Gasteiger partial charge in [-0.3, -0.25) is 4.79 Å². The zero-order valence-corrected chi connectivity index (χ0v) is 81.5. The van der Waals surface area contributed by atoms with Crippen molar-refractivity contribution in [3.8, 4) is 5.75 Å². The van der Waals surface area contributed by atoms with Crippen molar-refractivity contribution < 1.29 is 42.4 Å². The van der Waals surface area contributed by atoms with Crippen LogP contribution in [0.15, 0.2) is 399 Å². The Kier molecular flexibility index (Phi) is 40.1. The lowest BCUT2D eigenvalue weighted by atomic mass is 10.0. The maximum absolute atomic E-state index is 12.9. The Hall–Kier alpha value is -19.4. The number of methoxy groups -OCH3 is 2. The summed E-state index contributed by atoms with van der Waals surface area (Å²) in [6, 6.07) is 96.4. The highest BCUT2D eigenvalue weighted by Gasteiger charge is 2.34. The molecule has 0 bridgehead atoms. The van der Waals surface area contributed by atoms with Crippen molar-refractivity contribution in [2.24, 2.45) is 71.6 Å². The average molecular weight is 1980 g/mol. The molecule has 0 radical (unpaired) electrons. The number of Topliss-reactive ketones (excluding diaryl/α,β-unsaturated/α-hetero) is 1. The molecule has 16 aromatic carbocycles. The number of ketones is 1. The lowest BCUT2D eigenvalue weighted by molar-refractivity contribution is -0.137. The SMILES string of the molecule is COC(=O)c1cc(N=Nc2ccc(N)c(C(=O)CO)c2)ccc1N.COc1cc(N)ccc1N=Nc1ccc(N)cc1CO.Cc1cc(N)ccc1N=Nc1ccc(N)cc1C.Cc1cc(N)ccc1N=Nc1ccc(N)cc1C(F)(F)F.Cc1cc(N=Nc2ccc(N)c(C)c2)ccc1N.Nc1ccc(Cc2ccc(N=Nc3ccc(Cc4ccc(N)cc4)cc3)cc2)cc1.Nc1ccc(N=Nc2ccc(N)cc2)cc1. The molecular formula is C110H113F3N28O6. The molecule has 0 aliphatic carbocycles. The molecule has 0 amide bonds. The van der Waals surface area contributed by atoms with E-state index < -0.39 is 30.1 Å². The van der Waals surface area contributed by atoms with Crippen molar-refractivity contribution in [3.63, 3.8) is 0 Å². The molecule has 0 saturated heterocycles. The number of aryl methyl sites for hydroxylation is 5. The third-order valence-corrected chi connectivity index (χ3v) is 21.3. The van der Waals surface area contributed by atoms with Crippen LogP contribution in [0.1, 0.15) is 81.9 Å². The van der Waals surface area contributed by atoms with Gasteiger partial charge in [0.1, 0.15) is 18.0 Å². The van der Waals surface area contributed by atoms with E-state index >= 15 is 0 Å². The van der Waals surface area contributed by atoms with Crippen molar-refractivity contribution in [2.45, 2.75) is 60.2 Å². The summed E-state index contributed by atoms with van der Waals surface area (Å²) >= 11 is 0. The van der Waals surface area contributed by atoms with Gasteiger partial charge in [0.2, 0.25) is 0 Å². The topological polar surface area (TPSA) is 630 Å². The molecule has 147 heavy (non-hydrogen) atoms. The van der Waals surface area contributed by atoms with Gasteiger partial charge in [-0.15, -0.1) is 10.2 Å². The molecule has 0 aliphatic heterocycles. The van der Waals surface area contributed by atoms with Gasteiger partial charge in [-0.1, -0.05) is 48.5 Å². The van der Waals surface area contributed by atoms with E-state index in [1.165, 1.54) is 72.9 Å². The summed E-state index contributed by atoms with van der Waals surface area (Å²) in [6.07, 6.45) is -2.81. The van der Waals surface area contributed by atoms with E-state index in [4.69, 9.17) is 90.1 Å². The Morgan fingerprint density at radius 3 is 0.878 bits per heavy atom. The zero-order chi connectivity index (χ0) is 106. The van der Waals surface area contributed by atoms with Crippen LogP contribution in [0.4, 0.5) is 172 Å². The number of alkyl halides is 3. The fourth-order valence-corrected chi connectivity index (χ4v) is 13.1. The number of aliphatic hydroxyl groups excluding tert-OH is 2. The van der Waals surface area contributed by atoms with E-state index in [0.717, 1.165) is 126 Å². The van der Waals surface area contributed by atoms with Crippen LogP contribution >= 0.6 is 0 Å². The molecule has 34 nitrogen and oxygen atoms in total. The summed E-state index contributed by atoms with van der Waals surface area (Å²) in [6.45, 7) is 8.76. The third-order valence-electron chi connectivity index (χ3n) is 21.3. The second kappa shape index (κ2) is 53.8. The summed E-state index contributed by atoms with van der Waals surface area (Å²) in [5.41, 5.74) is 106. The number of azo groups is 7. The molecule has 0 atom stereocenters. The standard InChI is InChI=1S/C26H24N4.C16H16N4O4.C14H13F3N4.C14H16N4O2.2C14H16N4.C12H12N4/c27-23-9-1-19(2-10-23)17-21-5-13-25(14-6-21)29-30-26-15-7-22(8-16-26)18-20-3-11-24(28)12-4-20;1-24-16(23)12-7-10(3-5-14(12)18)20-19-9-2-4-13(17)11(6-9)15(22)8-21;1-8-6-9(18)2-4-12(8)20-21-13-5-3-10(19)7-11(13)14(15,16)17;1-20-14-7-11(16)3-5-13(14)18-17-12-4-2-10(15)6-9(12)8-19;1-9-7-11(3-5-13(9)15)17-18-12-4-6-14(16)10(2)8-12;1-9-7-11(15)3-5-13(9)17-18-14-6-4-12(16)8-10(14)2;13-9-1-5-11(6-2-9)15-16-12-7-3-10(14)4-8-12/h1-16H,17-18,27-28H2;2-7,21H,8,17-18H2,1H3;2-7H,18-19H2,1H3;2-7,19H,8,15-16H2,1H3;2*3-8H,15-16H2,1-2H3;1-8H,13-14H2. The van der Waals surface area contributed by atoms with Crippen molar-refractivity contribution in [3.05, 3.63) is 400 Å². The van der Waals surface area contributed by atoms with Crippen LogP contribution in [0.2, 0.25) is 0 Å². The number of ether oxygens (including phenoxy) is 2. The highest BCUT2D eigenvalue weighted by molar-refractivity contribution is 6.02. The van der Waals surface area contributed by atoms with Crippen LogP contribution in [0.25, 0.3) is 0 Å². The van der Waals surface area contributed by atoms with Gasteiger partial charge in [-0.2, -0.15) is 74.5 Å². The number of halogens is 3. The fraction of sp³-hybridized carbons (Fsp3) is 0.109. The van der Waals surface area contributed by atoms with Gasteiger partial charge < -0.3 is 100.0 Å². The van der Waals surface area contributed by atoms with E-state index in [9.17, 15) is 27.9 Å². The molecule has 0 fully saturated rings. The molecular weight excluding hydrogens is 1870 g/mol. The number of hydrogen-bond acceptors (Lipinski definition) is 34. The number of benzene rings is 16. The van der Waals surface area contributed by atoms with E-state index in [-0.39, 0.29) is 40.5 Å². The number of rotatable bonds is 23. The Labute approximate surface area is 847 Å². The van der Waals surface area contributed by atoms with Crippen molar-refractivity contribution in [2.75, 3.05) is 101 Å². The minimum atomic E-state index is -4.54. The quantitative estimate of drug-likeness (QED) is 0.0122. The van der Waals surface area contributed by atoms with Crippen LogP contribution in [-0.2, 0) is 30.4 Å². The highest BCUT2D eigenvalue weighted by atomic mass is 19.4. The van der Waals surface area contributed by atoms with Crippen LogP contribution in [0, 0.1) is 34.6 Å². The third kappa shape index (κ3) is 35.4. The lowest BCUT2D eigenvalue weighted by Gasteiger charge is -2.10. The molecule has 750 valence electrons. The molecule has 0 aromatic heterocycles. The second-order valence-electron chi connectivity index (χ2n) is 32.8. The first-order chi connectivity index (χ1) is 70.4. The minimum absolute atomic E-state index is 0.0185. The fourth-order valence-electron chi connectivity index (χ4n) is 13.1. The number of carbonyl (C=O) groups is 2. The van der Waals surface area contributed by atoms with Crippen LogP contribution in [0.5, 0.6) is 5.75 Å². The first-order valence-corrected chi connectivity index (χ1v) is 45.1. The minimum Gasteiger partial charge on any atom is -0.494 e. The number of nitrogens with two attached hydrogens (primary N) is 14. The van der Waals surface area contributed by atoms with Crippen LogP contribution in [-0.4, -0.2) is 42.8 Å². The number of esters is 1. The Morgan fingerprint density at radius 2 is 0.531 bits per heavy atom. The zero-order valence-electron chi connectivity index (χ0n) is 81.5. The smallest absolute Gasteiger partial charge is 0.418 e. The number of nitrogen functional groups attached to an aromatic ring is 14. The molecule has 0 unspecified atom stereocenters. The molecule has 0 saturated carbocycles. The first kappa shape index (κ1) is 110. The molecule has 16 aromatic rings. The van der Waals surface area contributed by atoms with E-state index in [1.54, 1.807) is 97.9 Å². The maximum atomic E-state index is 12.9. The monoisotopic (exact) mass is 1980 g/mol. The van der Waals surface area contributed by atoms with Crippen LogP contribution < -0.4 is 85.0 Å². The predicted octanol–water partition coefficient (Wildman–Crippen LogP) is 27.1. The van der Waals surface area contributed by atoms with Crippen molar-refractivity contribution >= 4 is 171 Å². The van der Waals surface area contributed by atoms with E-state index in [1.807, 2.05) is 173 Å². The normalized spacial score (nSPS) is 11.1. The molecule has 16 rings (SSSR count). The molecule has 37 heteroatoms. The number of anilines is 14. The maximum Gasteiger partial charge on any atom is 0.418 e. The van der Waals surface area contributed by atoms with Crippen LogP contribution in [0.3, 0.4) is 0 Å². The summed E-state index contributed by atoms with van der Waals surface area (Å²) in [5, 5.41) is 75.7. The Morgan fingerprint density at radius 1 is 0.265 bits per heavy atom.